The van der Waals surface area contributed by atoms with E-state index in [0.717, 1.165) is 30.3 Å². The Hall–Kier alpha value is -2.38. The van der Waals surface area contributed by atoms with Crippen LogP contribution in [0.1, 0.15) is 46.5 Å². The van der Waals surface area contributed by atoms with Crippen LogP contribution in [0.15, 0.2) is 15.9 Å². The van der Waals surface area contributed by atoms with Crippen molar-refractivity contribution in [3.63, 3.8) is 0 Å². The van der Waals surface area contributed by atoms with Crippen molar-refractivity contribution in [2.75, 3.05) is 0 Å². The highest BCUT2D eigenvalue weighted by Crippen LogP contribution is 2.38. The molecule has 0 atom stereocenters. The maximum absolute atomic E-state index is 12.6. The fourth-order valence-electron chi connectivity index (χ4n) is 3.93. The molecule has 1 aliphatic carbocycles. The van der Waals surface area contributed by atoms with Gasteiger partial charge in [0.05, 0.1) is 6.33 Å². The Morgan fingerprint density at radius 2 is 1.81 bits per heavy atom. The molecule has 0 bridgehead atoms. The van der Waals surface area contributed by atoms with Gasteiger partial charge in [-0.2, -0.15) is 0 Å². The molecule has 0 spiro atoms. The Labute approximate surface area is 157 Å². The Morgan fingerprint density at radius 3 is 2.41 bits per heavy atom. The highest BCUT2D eigenvalue weighted by Gasteiger charge is 2.31. The van der Waals surface area contributed by atoms with Gasteiger partial charge in [0.2, 0.25) is 0 Å². The van der Waals surface area contributed by atoms with Crippen molar-refractivity contribution in [2.24, 2.45) is 25.4 Å². The molecular formula is C19H28N4O4. The van der Waals surface area contributed by atoms with Gasteiger partial charge in [0, 0.05) is 14.1 Å². The average Bonchev–Trinajstić information content (AvgIpc) is 2.98. The van der Waals surface area contributed by atoms with Crippen LogP contribution in [0.25, 0.3) is 11.2 Å². The van der Waals surface area contributed by atoms with Gasteiger partial charge in [-0.05, 0) is 37.0 Å². The number of nitrogens with zero attached hydrogens (tertiary/aromatic N) is 4. The molecular weight excluding hydrogens is 348 g/mol. The predicted molar refractivity (Wildman–Crippen MR) is 102 cm³/mol. The van der Waals surface area contributed by atoms with Gasteiger partial charge < -0.3 is 9.30 Å². The van der Waals surface area contributed by atoms with Crippen molar-refractivity contribution < 1.29 is 9.53 Å². The van der Waals surface area contributed by atoms with E-state index >= 15 is 0 Å². The summed E-state index contributed by atoms with van der Waals surface area (Å²) < 4.78 is 9.31. The average molecular weight is 376 g/mol. The van der Waals surface area contributed by atoms with E-state index in [1.807, 2.05) is 0 Å². The molecule has 148 valence electrons. The summed E-state index contributed by atoms with van der Waals surface area (Å²) in [5, 5.41) is 0. The number of aryl methyl sites for hydroxylation is 2. The molecule has 1 saturated carbocycles. The maximum Gasteiger partial charge on any atom is 0.333 e. The van der Waals surface area contributed by atoms with E-state index in [0.29, 0.717) is 11.6 Å². The number of carbonyl (C=O) groups is 1. The summed E-state index contributed by atoms with van der Waals surface area (Å²) in [6.07, 6.45) is 5.01. The van der Waals surface area contributed by atoms with E-state index < -0.39 is 17.2 Å². The number of carbonyl (C=O) groups excluding carboxylic acids is 1. The third kappa shape index (κ3) is 3.70. The lowest BCUT2D eigenvalue weighted by Crippen LogP contribution is -2.42. The van der Waals surface area contributed by atoms with Gasteiger partial charge in [0.15, 0.2) is 11.2 Å². The normalized spacial score (nSPS) is 20.8. The standard InChI is InChI=1S/C19H28N4O4/c1-19(2,3)12-6-8-13(9-7-12)27-14(24)10-23-17(25)15-16(20-11-21(15)4)22(5)18(23)26/h11-13H,6-10H2,1-5H3. The van der Waals surface area contributed by atoms with Gasteiger partial charge in [-0.15, -0.1) is 0 Å². The molecule has 3 rings (SSSR count). The smallest absolute Gasteiger partial charge is 0.333 e. The quantitative estimate of drug-likeness (QED) is 0.759. The summed E-state index contributed by atoms with van der Waals surface area (Å²) in [6.45, 7) is 6.33. The lowest BCUT2D eigenvalue weighted by Gasteiger charge is -2.36. The number of hydrogen-bond acceptors (Lipinski definition) is 5. The van der Waals surface area contributed by atoms with Crippen LogP contribution in [-0.4, -0.2) is 30.8 Å². The minimum absolute atomic E-state index is 0.143. The highest BCUT2D eigenvalue weighted by atomic mass is 16.5. The molecule has 0 saturated heterocycles. The zero-order chi connectivity index (χ0) is 19.9. The van der Waals surface area contributed by atoms with E-state index in [2.05, 4.69) is 25.8 Å². The number of rotatable bonds is 3. The summed E-state index contributed by atoms with van der Waals surface area (Å²) >= 11 is 0. The summed E-state index contributed by atoms with van der Waals surface area (Å²) in [6, 6.07) is 0. The second kappa shape index (κ2) is 6.98. The molecule has 0 amide bonds. The molecule has 0 unspecified atom stereocenters. The number of esters is 1. The lowest BCUT2D eigenvalue weighted by molar-refractivity contribution is -0.152. The van der Waals surface area contributed by atoms with E-state index in [4.69, 9.17) is 4.74 Å². The molecule has 8 heteroatoms. The van der Waals surface area contributed by atoms with Gasteiger partial charge in [-0.1, -0.05) is 20.8 Å². The Morgan fingerprint density at radius 1 is 1.19 bits per heavy atom. The van der Waals surface area contributed by atoms with Crippen LogP contribution in [0.2, 0.25) is 0 Å². The first kappa shape index (κ1) is 19.4. The molecule has 0 N–H and O–H groups in total. The van der Waals surface area contributed by atoms with Gasteiger partial charge in [-0.3, -0.25) is 14.2 Å². The molecule has 2 aromatic heterocycles. The van der Waals surface area contributed by atoms with Crippen LogP contribution in [-0.2, 0) is 30.2 Å². The van der Waals surface area contributed by atoms with Gasteiger partial charge in [0.1, 0.15) is 12.6 Å². The molecule has 1 fully saturated rings. The first-order chi connectivity index (χ1) is 12.6. The first-order valence-electron chi connectivity index (χ1n) is 9.40. The second-order valence-corrected chi connectivity index (χ2v) is 8.59. The van der Waals surface area contributed by atoms with Crippen molar-refractivity contribution in [1.82, 2.24) is 18.7 Å². The SMILES string of the molecule is Cn1cnc2c1c(=O)n(CC(=O)OC1CCC(C(C)(C)C)CC1)c(=O)n2C. The summed E-state index contributed by atoms with van der Waals surface area (Å²) in [5.41, 5.74) is -0.248. The molecule has 27 heavy (non-hydrogen) atoms. The summed E-state index contributed by atoms with van der Waals surface area (Å²) in [4.78, 5) is 41.6. The Kier molecular flexibility index (Phi) is 5.01. The largest absolute Gasteiger partial charge is 0.461 e. The Balaban J connectivity index is 1.73. The molecule has 1 aliphatic rings. The Bertz CT molecular complexity index is 968. The van der Waals surface area contributed by atoms with Crippen molar-refractivity contribution in [3.05, 3.63) is 27.2 Å². The molecule has 2 heterocycles. The van der Waals surface area contributed by atoms with Crippen LogP contribution in [0.3, 0.4) is 0 Å². The van der Waals surface area contributed by atoms with Crippen LogP contribution in [0, 0.1) is 11.3 Å². The van der Waals surface area contributed by atoms with Gasteiger partial charge in [-0.25, -0.2) is 14.3 Å². The number of hydrogen-bond donors (Lipinski definition) is 0. The van der Waals surface area contributed by atoms with E-state index in [1.54, 1.807) is 11.6 Å². The third-order valence-electron chi connectivity index (χ3n) is 5.69. The molecule has 0 aromatic carbocycles. The zero-order valence-electron chi connectivity index (χ0n) is 16.7. The van der Waals surface area contributed by atoms with Crippen LogP contribution in [0.4, 0.5) is 0 Å². The maximum atomic E-state index is 12.6. The lowest BCUT2D eigenvalue weighted by atomic mass is 9.72. The van der Waals surface area contributed by atoms with Crippen LogP contribution < -0.4 is 11.2 Å². The topological polar surface area (TPSA) is 88.1 Å². The highest BCUT2D eigenvalue weighted by molar-refractivity contribution is 5.72. The van der Waals surface area contributed by atoms with Crippen molar-refractivity contribution >= 4 is 17.1 Å². The van der Waals surface area contributed by atoms with Crippen molar-refractivity contribution in [2.45, 2.75) is 59.1 Å². The van der Waals surface area contributed by atoms with Gasteiger partial charge >= 0.3 is 11.7 Å². The van der Waals surface area contributed by atoms with Crippen molar-refractivity contribution in [1.29, 1.82) is 0 Å². The molecule has 0 aliphatic heterocycles. The summed E-state index contributed by atoms with van der Waals surface area (Å²) in [7, 11) is 3.21. The molecule has 8 nitrogen and oxygen atoms in total. The third-order valence-corrected chi connectivity index (χ3v) is 5.69. The number of aromatic nitrogens is 4. The molecule has 0 radical (unpaired) electrons. The number of ether oxygens (including phenoxy) is 1. The monoisotopic (exact) mass is 376 g/mol. The van der Waals surface area contributed by atoms with E-state index in [9.17, 15) is 14.4 Å². The minimum atomic E-state index is -0.570. The minimum Gasteiger partial charge on any atom is -0.461 e. The van der Waals surface area contributed by atoms with E-state index in [-0.39, 0.29) is 23.6 Å². The second-order valence-electron chi connectivity index (χ2n) is 8.59. The van der Waals surface area contributed by atoms with Gasteiger partial charge in [0.25, 0.3) is 5.56 Å². The summed E-state index contributed by atoms with van der Waals surface area (Å²) in [5.74, 6) is 0.0736. The fraction of sp³-hybridized carbons (Fsp3) is 0.684. The first-order valence-corrected chi connectivity index (χ1v) is 9.40. The predicted octanol–water partition coefficient (Wildman–Crippen LogP) is 1.58. The van der Waals surface area contributed by atoms with E-state index in [1.165, 1.54) is 17.9 Å². The zero-order valence-corrected chi connectivity index (χ0v) is 16.7. The van der Waals surface area contributed by atoms with Crippen molar-refractivity contribution in [3.8, 4) is 0 Å². The molecule has 2 aromatic rings. The number of fused-ring (bicyclic) bond motifs is 1. The van der Waals surface area contributed by atoms with Crippen LogP contribution in [0.5, 0.6) is 0 Å². The van der Waals surface area contributed by atoms with Crippen LogP contribution >= 0.6 is 0 Å². The fourth-order valence-corrected chi connectivity index (χ4v) is 3.93. The number of imidazole rings is 1.